The maximum atomic E-state index is 13.7. The van der Waals surface area contributed by atoms with Crippen LogP contribution in [0.2, 0.25) is 0 Å². The minimum absolute atomic E-state index is 0.0529. The predicted octanol–water partition coefficient (Wildman–Crippen LogP) is 2.56. The molecule has 0 atom stereocenters. The van der Waals surface area contributed by atoms with Crippen molar-refractivity contribution in [3.63, 3.8) is 0 Å². The summed E-state index contributed by atoms with van der Waals surface area (Å²) in [6.07, 6.45) is 1.33. The van der Waals surface area contributed by atoms with Crippen LogP contribution in [0.4, 0.5) is 10.1 Å². The van der Waals surface area contributed by atoms with Crippen LogP contribution in [0.25, 0.3) is 5.69 Å². The van der Waals surface area contributed by atoms with Crippen molar-refractivity contribution in [2.75, 3.05) is 5.32 Å². The molecule has 2 aromatic carbocycles. The van der Waals surface area contributed by atoms with Gasteiger partial charge in [-0.05, 0) is 24.3 Å². The van der Waals surface area contributed by atoms with Gasteiger partial charge in [-0.3, -0.25) is 14.7 Å². The molecule has 0 radical (unpaired) electrons. The molecule has 22 heavy (non-hydrogen) atoms. The van der Waals surface area contributed by atoms with E-state index < -0.39 is 17.3 Å². The van der Waals surface area contributed by atoms with Gasteiger partial charge in [0.05, 0.1) is 0 Å². The van der Waals surface area contributed by atoms with Gasteiger partial charge < -0.3 is 5.32 Å². The van der Waals surface area contributed by atoms with Crippen LogP contribution in [0.1, 0.15) is 10.4 Å². The van der Waals surface area contributed by atoms with Gasteiger partial charge in [0.2, 0.25) is 0 Å². The Morgan fingerprint density at radius 3 is 2.45 bits per heavy atom. The largest absolute Gasteiger partial charge is 0.316 e. The molecule has 0 saturated heterocycles. The summed E-state index contributed by atoms with van der Waals surface area (Å²) >= 11 is 0. The first kappa shape index (κ1) is 13.8. The molecule has 2 N–H and O–H groups in total. The number of hydrogen-bond donors (Lipinski definition) is 2. The highest BCUT2D eigenvalue weighted by Crippen LogP contribution is 2.11. The molecule has 0 spiro atoms. The van der Waals surface area contributed by atoms with Crippen molar-refractivity contribution in [2.45, 2.75) is 0 Å². The Bertz CT molecular complexity index is 868. The molecule has 0 bridgehead atoms. The second-order valence-electron chi connectivity index (χ2n) is 4.60. The number of nitrogens with zero attached hydrogens (tertiary/aromatic N) is 1. The van der Waals surface area contributed by atoms with E-state index in [2.05, 4.69) is 10.4 Å². The van der Waals surface area contributed by atoms with Crippen molar-refractivity contribution in [3.8, 4) is 5.69 Å². The number of aromatic amines is 1. The van der Waals surface area contributed by atoms with Crippen LogP contribution in [0.5, 0.6) is 0 Å². The fourth-order valence-electron chi connectivity index (χ4n) is 2.06. The van der Waals surface area contributed by atoms with E-state index in [1.807, 2.05) is 0 Å². The van der Waals surface area contributed by atoms with Crippen molar-refractivity contribution in [3.05, 3.63) is 82.5 Å². The lowest BCUT2D eigenvalue weighted by Crippen LogP contribution is -2.21. The number of anilines is 1. The smallest absolute Gasteiger partial charge is 0.295 e. The number of benzene rings is 2. The number of H-pyrrole nitrogens is 1. The second kappa shape index (κ2) is 5.69. The first-order valence-corrected chi connectivity index (χ1v) is 6.58. The quantitative estimate of drug-likeness (QED) is 0.780. The lowest BCUT2D eigenvalue weighted by atomic mass is 10.2. The number of rotatable bonds is 3. The first-order valence-electron chi connectivity index (χ1n) is 6.58. The van der Waals surface area contributed by atoms with E-state index in [4.69, 9.17) is 0 Å². The number of carbonyl (C=O) groups is 1. The standard InChI is InChI=1S/C16H12FN3O2/c17-12-8-4-5-9-14(12)20-16(22)13(10-18-20)19-15(21)11-6-2-1-3-7-11/h1-10,18H,(H,19,21). The van der Waals surface area contributed by atoms with Gasteiger partial charge in [0.1, 0.15) is 17.2 Å². The lowest BCUT2D eigenvalue weighted by Gasteiger charge is -2.03. The van der Waals surface area contributed by atoms with Crippen molar-refractivity contribution in [1.29, 1.82) is 0 Å². The van der Waals surface area contributed by atoms with Crippen LogP contribution < -0.4 is 10.9 Å². The van der Waals surface area contributed by atoms with Crippen molar-refractivity contribution >= 4 is 11.6 Å². The van der Waals surface area contributed by atoms with E-state index >= 15 is 0 Å². The molecule has 6 heteroatoms. The van der Waals surface area contributed by atoms with E-state index in [-0.39, 0.29) is 11.4 Å². The van der Waals surface area contributed by atoms with Gasteiger partial charge in [-0.1, -0.05) is 30.3 Å². The van der Waals surface area contributed by atoms with Gasteiger partial charge in [0, 0.05) is 11.8 Å². The number of halogens is 1. The summed E-state index contributed by atoms with van der Waals surface area (Å²) in [5.74, 6) is -0.940. The minimum Gasteiger partial charge on any atom is -0.316 e. The molecule has 5 nitrogen and oxygen atoms in total. The molecule has 0 saturated carbocycles. The Hall–Kier alpha value is -3.15. The van der Waals surface area contributed by atoms with Crippen molar-refractivity contribution < 1.29 is 9.18 Å². The first-order chi connectivity index (χ1) is 10.7. The molecule has 0 unspecified atom stereocenters. The molecule has 0 fully saturated rings. The van der Waals surface area contributed by atoms with Gasteiger partial charge in [0.15, 0.2) is 0 Å². The number of carbonyl (C=O) groups excluding carboxylic acids is 1. The summed E-state index contributed by atoms with van der Waals surface area (Å²) in [5.41, 5.74) is 0.0414. The molecular weight excluding hydrogens is 285 g/mol. The molecule has 0 aliphatic heterocycles. The summed E-state index contributed by atoms with van der Waals surface area (Å²) in [4.78, 5) is 24.3. The van der Waals surface area contributed by atoms with E-state index in [1.165, 1.54) is 24.4 Å². The molecule has 1 amide bonds. The third kappa shape index (κ3) is 2.54. The van der Waals surface area contributed by atoms with E-state index in [9.17, 15) is 14.0 Å². The highest BCUT2D eigenvalue weighted by Gasteiger charge is 2.13. The molecule has 0 aliphatic rings. The zero-order chi connectivity index (χ0) is 15.5. The molecule has 0 aliphatic carbocycles. The third-order valence-corrected chi connectivity index (χ3v) is 3.15. The van der Waals surface area contributed by atoms with Crippen LogP contribution in [0.3, 0.4) is 0 Å². The minimum atomic E-state index is -0.535. The number of hydrogen-bond acceptors (Lipinski definition) is 2. The Labute approximate surface area is 125 Å². The van der Waals surface area contributed by atoms with Gasteiger partial charge in [-0.2, -0.15) is 0 Å². The molecule has 110 valence electrons. The van der Waals surface area contributed by atoms with Gasteiger partial charge in [-0.25, -0.2) is 9.07 Å². The summed E-state index contributed by atoms with van der Waals surface area (Å²) in [7, 11) is 0. The fraction of sp³-hybridized carbons (Fsp3) is 0. The summed E-state index contributed by atoms with van der Waals surface area (Å²) in [5, 5.41) is 5.15. The zero-order valence-corrected chi connectivity index (χ0v) is 11.4. The second-order valence-corrected chi connectivity index (χ2v) is 4.60. The van der Waals surface area contributed by atoms with Crippen LogP contribution >= 0.6 is 0 Å². The molecular formula is C16H12FN3O2. The zero-order valence-electron chi connectivity index (χ0n) is 11.4. The molecule has 1 aromatic heterocycles. The highest BCUT2D eigenvalue weighted by molar-refractivity contribution is 6.04. The Morgan fingerprint density at radius 2 is 1.73 bits per heavy atom. The number of amides is 1. The average molecular weight is 297 g/mol. The van der Waals surface area contributed by atoms with E-state index in [0.29, 0.717) is 5.56 Å². The topological polar surface area (TPSA) is 66.9 Å². The Kier molecular flexibility index (Phi) is 3.57. The van der Waals surface area contributed by atoms with E-state index in [1.54, 1.807) is 36.4 Å². The number of aromatic nitrogens is 2. The van der Waals surface area contributed by atoms with Crippen LogP contribution in [-0.4, -0.2) is 15.7 Å². The maximum absolute atomic E-state index is 13.7. The molecule has 3 rings (SSSR count). The fourth-order valence-corrected chi connectivity index (χ4v) is 2.06. The maximum Gasteiger partial charge on any atom is 0.295 e. The Balaban J connectivity index is 1.90. The third-order valence-electron chi connectivity index (χ3n) is 3.15. The molecule has 1 heterocycles. The van der Waals surface area contributed by atoms with Crippen LogP contribution in [0, 0.1) is 5.82 Å². The average Bonchev–Trinajstić information content (AvgIpc) is 2.90. The highest BCUT2D eigenvalue weighted by atomic mass is 19.1. The van der Waals surface area contributed by atoms with Gasteiger partial charge >= 0.3 is 0 Å². The molecule has 3 aromatic rings. The predicted molar refractivity (Wildman–Crippen MR) is 80.7 cm³/mol. The van der Waals surface area contributed by atoms with Gasteiger partial charge in [0.25, 0.3) is 11.5 Å². The van der Waals surface area contributed by atoms with Crippen LogP contribution in [-0.2, 0) is 0 Å². The summed E-state index contributed by atoms with van der Waals surface area (Å²) < 4.78 is 14.8. The number of nitrogens with one attached hydrogen (secondary N) is 2. The SMILES string of the molecule is O=C(Nc1c[nH]n(-c2ccccc2F)c1=O)c1ccccc1. The monoisotopic (exact) mass is 297 g/mol. The normalized spacial score (nSPS) is 10.4. The van der Waals surface area contributed by atoms with Crippen molar-refractivity contribution in [1.82, 2.24) is 9.78 Å². The van der Waals surface area contributed by atoms with Crippen LogP contribution in [0.15, 0.2) is 65.6 Å². The lowest BCUT2D eigenvalue weighted by molar-refractivity contribution is 0.102. The number of para-hydroxylation sites is 1. The summed E-state index contributed by atoms with van der Waals surface area (Å²) in [6, 6.07) is 14.4. The summed E-state index contributed by atoms with van der Waals surface area (Å²) in [6.45, 7) is 0. The van der Waals surface area contributed by atoms with Gasteiger partial charge in [-0.15, -0.1) is 0 Å². The Morgan fingerprint density at radius 1 is 1.05 bits per heavy atom. The van der Waals surface area contributed by atoms with Crippen molar-refractivity contribution in [2.24, 2.45) is 0 Å². The van der Waals surface area contributed by atoms with E-state index in [0.717, 1.165) is 4.68 Å².